The smallest absolute Gasteiger partial charge is 0.147 e. The third-order valence-corrected chi connectivity index (χ3v) is 3.91. The molecule has 1 aromatic heterocycles. The molecule has 0 radical (unpaired) electrons. The van der Waals surface area contributed by atoms with Crippen LogP contribution in [-0.4, -0.2) is 26.6 Å². The molecular formula is C12H20N2OS. The first kappa shape index (κ1) is 13.3. The SMILES string of the molecule is CCC(C)SCC(=O)Cc1cnn(CC)c1. The lowest BCUT2D eigenvalue weighted by Gasteiger charge is -2.06. The van der Waals surface area contributed by atoms with Crippen molar-refractivity contribution in [1.82, 2.24) is 9.78 Å². The van der Waals surface area contributed by atoms with Crippen molar-refractivity contribution in [2.45, 2.75) is 45.4 Å². The third-order valence-electron chi connectivity index (χ3n) is 2.52. The van der Waals surface area contributed by atoms with Crippen LogP contribution in [0.25, 0.3) is 0 Å². The number of ketones is 1. The maximum absolute atomic E-state index is 11.7. The molecule has 3 nitrogen and oxygen atoms in total. The minimum absolute atomic E-state index is 0.293. The number of Topliss-reactive ketones (excluding diaryl/α,β-unsaturated/α-hetero) is 1. The van der Waals surface area contributed by atoms with Crippen LogP contribution >= 0.6 is 11.8 Å². The zero-order valence-corrected chi connectivity index (χ0v) is 11.1. The second-order valence-corrected chi connectivity index (χ2v) is 5.38. The van der Waals surface area contributed by atoms with Crippen LogP contribution in [-0.2, 0) is 17.8 Å². The molecule has 0 aliphatic rings. The molecule has 1 rings (SSSR count). The summed E-state index contributed by atoms with van der Waals surface area (Å²) in [7, 11) is 0. The van der Waals surface area contributed by atoms with Crippen LogP contribution in [0.2, 0.25) is 0 Å². The molecule has 4 heteroatoms. The van der Waals surface area contributed by atoms with Crippen molar-refractivity contribution in [3.05, 3.63) is 18.0 Å². The number of aryl methyl sites for hydroxylation is 1. The van der Waals surface area contributed by atoms with Gasteiger partial charge in [-0.1, -0.05) is 13.8 Å². The summed E-state index contributed by atoms with van der Waals surface area (Å²) in [5.41, 5.74) is 1.02. The van der Waals surface area contributed by atoms with E-state index in [4.69, 9.17) is 0 Å². The van der Waals surface area contributed by atoms with Crippen molar-refractivity contribution in [2.75, 3.05) is 5.75 Å². The molecule has 0 bridgehead atoms. The Balaban J connectivity index is 2.33. The second-order valence-electron chi connectivity index (χ2n) is 3.95. The van der Waals surface area contributed by atoms with Gasteiger partial charge in [-0.15, -0.1) is 0 Å². The number of aromatic nitrogens is 2. The van der Waals surface area contributed by atoms with Gasteiger partial charge in [0.15, 0.2) is 0 Å². The lowest BCUT2D eigenvalue weighted by Crippen LogP contribution is -2.08. The van der Waals surface area contributed by atoms with E-state index in [0.29, 0.717) is 23.2 Å². The maximum atomic E-state index is 11.7. The van der Waals surface area contributed by atoms with Gasteiger partial charge in [0, 0.05) is 24.4 Å². The Labute approximate surface area is 102 Å². The van der Waals surface area contributed by atoms with Gasteiger partial charge in [-0.05, 0) is 18.9 Å². The number of carbonyl (C=O) groups excluding carboxylic acids is 1. The van der Waals surface area contributed by atoms with E-state index in [1.165, 1.54) is 0 Å². The van der Waals surface area contributed by atoms with Crippen molar-refractivity contribution < 1.29 is 4.79 Å². The highest BCUT2D eigenvalue weighted by Gasteiger charge is 2.08. The van der Waals surface area contributed by atoms with Gasteiger partial charge in [0.1, 0.15) is 5.78 Å². The number of carbonyl (C=O) groups is 1. The summed E-state index contributed by atoms with van der Waals surface area (Å²) in [6.45, 7) is 7.20. The zero-order chi connectivity index (χ0) is 12.0. The minimum Gasteiger partial charge on any atom is -0.298 e. The zero-order valence-electron chi connectivity index (χ0n) is 10.3. The predicted octanol–water partition coefficient (Wildman–Crippen LogP) is 2.55. The molecule has 0 aromatic carbocycles. The summed E-state index contributed by atoms with van der Waals surface area (Å²) in [6, 6.07) is 0. The summed E-state index contributed by atoms with van der Waals surface area (Å²) in [5.74, 6) is 0.910. The largest absolute Gasteiger partial charge is 0.298 e. The fourth-order valence-electron chi connectivity index (χ4n) is 1.30. The van der Waals surface area contributed by atoms with Gasteiger partial charge in [-0.3, -0.25) is 9.48 Å². The van der Waals surface area contributed by atoms with Crippen molar-refractivity contribution in [2.24, 2.45) is 0 Å². The number of hydrogen-bond donors (Lipinski definition) is 0. The van der Waals surface area contributed by atoms with Crippen LogP contribution < -0.4 is 0 Å². The van der Waals surface area contributed by atoms with Gasteiger partial charge in [-0.25, -0.2) is 0 Å². The summed E-state index contributed by atoms with van der Waals surface area (Å²) >= 11 is 1.74. The molecule has 0 fully saturated rings. The van der Waals surface area contributed by atoms with Gasteiger partial charge in [0.2, 0.25) is 0 Å². The second kappa shape index (κ2) is 6.74. The van der Waals surface area contributed by atoms with Crippen LogP contribution in [0.3, 0.4) is 0 Å². The Hall–Kier alpha value is -0.770. The van der Waals surface area contributed by atoms with Crippen LogP contribution in [0.4, 0.5) is 0 Å². The van der Waals surface area contributed by atoms with Crippen LogP contribution in [0.15, 0.2) is 12.4 Å². The first-order valence-corrected chi connectivity index (χ1v) is 6.85. The number of rotatable bonds is 7. The van der Waals surface area contributed by atoms with E-state index in [1.807, 2.05) is 17.8 Å². The van der Waals surface area contributed by atoms with Crippen molar-refractivity contribution in [1.29, 1.82) is 0 Å². The average molecular weight is 240 g/mol. The first-order chi connectivity index (χ1) is 7.65. The predicted molar refractivity (Wildman–Crippen MR) is 68.8 cm³/mol. The van der Waals surface area contributed by atoms with Crippen LogP contribution in [0.5, 0.6) is 0 Å². The van der Waals surface area contributed by atoms with E-state index in [9.17, 15) is 4.79 Å². The molecule has 1 unspecified atom stereocenters. The molecule has 1 aromatic rings. The Morgan fingerprint density at radius 1 is 1.56 bits per heavy atom. The molecule has 16 heavy (non-hydrogen) atoms. The topological polar surface area (TPSA) is 34.9 Å². The van der Waals surface area contributed by atoms with Crippen molar-refractivity contribution >= 4 is 17.5 Å². The van der Waals surface area contributed by atoms with Gasteiger partial charge < -0.3 is 0 Å². The Morgan fingerprint density at radius 3 is 2.88 bits per heavy atom. The average Bonchev–Trinajstić information content (AvgIpc) is 2.73. The lowest BCUT2D eigenvalue weighted by molar-refractivity contribution is -0.116. The van der Waals surface area contributed by atoms with E-state index in [0.717, 1.165) is 18.5 Å². The normalized spacial score (nSPS) is 12.7. The Bertz CT molecular complexity index is 336. The number of thioether (sulfide) groups is 1. The number of hydrogen-bond acceptors (Lipinski definition) is 3. The highest BCUT2D eigenvalue weighted by molar-refractivity contribution is 8.00. The van der Waals surface area contributed by atoms with Gasteiger partial charge in [-0.2, -0.15) is 16.9 Å². The van der Waals surface area contributed by atoms with E-state index in [1.54, 1.807) is 18.0 Å². The van der Waals surface area contributed by atoms with Gasteiger partial charge in [0.05, 0.1) is 11.9 Å². The molecule has 0 aliphatic carbocycles. The summed E-state index contributed by atoms with van der Waals surface area (Å²) in [4.78, 5) is 11.7. The number of nitrogens with zero attached hydrogens (tertiary/aromatic N) is 2. The molecule has 1 heterocycles. The van der Waals surface area contributed by atoms with Crippen LogP contribution in [0, 0.1) is 0 Å². The molecule has 0 spiro atoms. The van der Waals surface area contributed by atoms with Gasteiger partial charge in [0.25, 0.3) is 0 Å². The van der Waals surface area contributed by atoms with Crippen molar-refractivity contribution in [3.8, 4) is 0 Å². The molecule has 1 atom stereocenters. The lowest BCUT2D eigenvalue weighted by atomic mass is 10.2. The third kappa shape index (κ3) is 4.39. The maximum Gasteiger partial charge on any atom is 0.147 e. The highest BCUT2D eigenvalue weighted by Crippen LogP contribution is 2.14. The monoisotopic (exact) mass is 240 g/mol. The molecule has 0 amide bonds. The molecule has 0 saturated heterocycles. The van der Waals surface area contributed by atoms with Gasteiger partial charge >= 0.3 is 0 Å². The van der Waals surface area contributed by atoms with E-state index in [2.05, 4.69) is 18.9 Å². The summed E-state index contributed by atoms with van der Waals surface area (Å²) in [6.07, 6.45) is 5.37. The molecular weight excluding hydrogens is 220 g/mol. The van der Waals surface area contributed by atoms with Crippen molar-refractivity contribution in [3.63, 3.8) is 0 Å². The molecule has 0 aliphatic heterocycles. The van der Waals surface area contributed by atoms with E-state index < -0.39 is 0 Å². The van der Waals surface area contributed by atoms with E-state index in [-0.39, 0.29) is 0 Å². The van der Waals surface area contributed by atoms with Crippen LogP contribution in [0.1, 0.15) is 32.8 Å². The fraction of sp³-hybridized carbons (Fsp3) is 0.667. The standard InChI is InChI=1S/C12H20N2OS/c1-4-10(3)16-9-12(15)6-11-7-13-14(5-2)8-11/h7-8,10H,4-6,9H2,1-3H3. The molecule has 0 N–H and O–H groups in total. The molecule has 90 valence electrons. The highest BCUT2D eigenvalue weighted by atomic mass is 32.2. The fourth-order valence-corrected chi connectivity index (χ4v) is 2.11. The van der Waals surface area contributed by atoms with E-state index >= 15 is 0 Å². The minimum atomic E-state index is 0.293. The Morgan fingerprint density at radius 2 is 2.31 bits per heavy atom. The summed E-state index contributed by atoms with van der Waals surface area (Å²) in [5, 5.41) is 4.73. The molecule has 0 saturated carbocycles. The quantitative estimate of drug-likeness (QED) is 0.734. The first-order valence-electron chi connectivity index (χ1n) is 5.80. The summed E-state index contributed by atoms with van der Waals surface area (Å²) < 4.78 is 1.85. The Kier molecular flexibility index (Phi) is 5.60.